The van der Waals surface area contributed by atoms with Gasteiger partial charge in [-0.3, -0.25) is 0 Å². The van der Waals surface area contributed by atoms with Gasteiger partial charge >= 0.3 is 0 Å². The van der Waals surface area contributed by atoms with Crippen LogP contribution in [0.2, 0.25) is 0 Å². The van der Waals surface area contributed by atoms with Crippen LogP contribution in [0.3, 0.4) is 0 Å². The summed E-state index contributed by atoms with van der Waals surface area (Å²) in [5.41, 5.74) is 9.07. The molecule has 0 saturated heterocycles. The second-order valence-corrected chi connectivity index (χ2v) is 12.4. The third-order valence-electron chi connectivity index (χ3n) is 10.1. The van der Waals surface area contributed by atoms with Crippen molar-refractivity contribution in [1.82, 2.24) is 0 Å². The lowest BCUT2D eigenvalue weighted by molar-refractivity contribution is 1.04. The van der Waals surface area contributed by atoms with E-state index < -0.39 is 0 Å². The highest BCUT2D eigenvalue weighted by Crippen LogP contribution is 2.40. The van der Waals surface area contributed by atoms with Crippen LogP contribution >= 0.6 is 0 Å². The van der Waals surface area contributed by atoms with Gasteiger partial charge in [-0.1, -0.05) is 146 Å². The largest absolute Gasteiger partial charge is 0.0763 e. The van der Waals surface area contributed by atoms with Crippen molar-refractivity contribution < 1.29 is 0 Å². The summed E-state index contributed by atoms with van der Waals surface area (Å²) < 4.78 is 0. The molecular formula is C44H28. The van der Waals surface area contributed by atoms with Crippen LogP contribution in [0.25, 0.3) is 93.3 Å². The van der Waals surface area contributed by atoms with Gasteiger partial charge in [-0.2, -0.15) is 0 Å². The minimum atomic E-state index is 1.13. The van der Waals surface area contributed by atoms with Crippen LogP contribution in [-0.4, -0.2) is 0 Å². The first-order chi connectivity index (χ1) is 21.8. The number of hydrogen-bond acceptors (Lipinski definition) is 0. The summed E-state index contributed by atoms with van der Waals surface area (Å²) in [6, 6.07) is 52.3. The topological polar surface area (TPSA) is 0 Å². The Bertz CT molecular complexity index is 2600. The molecule has 0 fully saturated rings. The lowest BCUT2D eigenvalue weighted by Gasteiger charge is -2.17. The Hall–Kier alpha value is -5.46. The third kappa shape index (κ3) is 3.40. The zero-order valence-corrected chi connectivity index (χ0v) is 24.3. The van der Waals surface area contributed by atoms with E-state index in [1.165, 1.54) is 98.0 Å². The normalized spacial score (nSPS) is 13.0. The Morgan fingerprint density at radius 1 is 0.341 bits per heavy atom. The fourth-order valence-electron chi connectivity index (χ4n) is 7.93. The van der Waals surface area contributed by atoms with Crippen molar-refractivity contribution in [2.75, 3.05) is 0 Å². The highest BCUT2D eigenvalue weighted by Gasteiger charge is 2.15. The van der Waals surface area contributed by atoms with Gasteiger partial charge < -0.3 is 0 Å². The molecule has 1 aliphatic carbocycles. The van der Waals surface area contributed by atoms with Gasteiger partial charge in [0.2, 0.25) is 0 Å². The van der Waals surface area contributed by atoms with Crippen molar-refractivity contribution in [2.24, 2.45) is 0 Å². The minimum absolute atomic E-state index is 1.13. The molecular weight excluding hydrogens is 528 g/mol. The third-order valence-corrected chi connectivity index (χ3v) is 10.1. The number of hydrogen-bond donors (Lipinski definition) is 0. The van der Waals surface area contributed by atoms with Crippen LogP contribution in [-0.2, 0) is 6.42 Å². The lowest BCUT2D eigenvalue weighted by atomic mass is 9.87. The Morgan fingerprint density at radius 3 is 1.45 bits per heavy atom. The number of rotatable bonds is 3. The molecule has 0 heterocycles. The molecule has 0 radical (unpaired) electrons. The van der Waals surface area contributed by atoms with E-state index in [0.29, 0.717) is 0 Å². The molecule has 0 saturated carbocycles. The molecule has 10 rings (SSSR count). The van der Waals surface area contributed by atoms with Gasteiger partial charge in [-0.05, 0) is 111 Å². The van der Waals surface area contributed by atoms with E-state index in [-0.39, 0.29) is 0 Å². The predicted molar refractivity (Wildman–Crippen MR) is 189 cm³/mol. The first kappa shape index (κ1) is 24.0. The van der Waals surface area contributed by atoms with E-state index in [1.807, 2.05) is 0 Å². The van der Waals surface area contributed by atoms with Crippen LogP contribution < -0.4 is 5.22 Å². The van der Waals surface area contributed by atoms with Crippen LogP contribution in [0.15, 0.2) is 140 Å². The molecule has 0 heteroatoms. The number of aryl methyl sites for hydroxylation is 1. The molecule has 0 nitrogen and oxygen atoms in total. The van der Waals surface area contributed by atoms with E-state index in [1.54, 1.807) is 0 Å². The molecule has 204 valence electrons. The monoisotopic (exact) mass is 556 g/mol. The van der Waals surface area contributed by atoms with E-state index in [2.05, 4.69) is 146 Å². The van der Waals surface area contributed by atoms with Crippen molar-refractivity contribution in [3.8, 4) is 33.4 Å². The molecule has 1 aliphatic rings. The second-order valence-electron chi connectivity index (χ2n) is 12.4. The standard InChI is InChI=1S/C44H28/c1-3-31-15-17-35-19-23-37(39-25-21-33(5-1)41(31)43(35)39)29-11-7-27(8-12-29)28-9-13-30(14-10-28)38-24-20-36-18-16-32-4-2-6-34-22-26-40(38)44(36)42(32)34/h1,3,5-26H,2,4H2. The highest BCUT2D eigenvalue weighted by atomic mass is 14.2. The SMILES string of the molecule is C1=c2ccc3c(-c4ccc(-c5ccc(-c6ccc7ccc8cccc9ccc6c7c89)cc5)cc4)ccc4ccc(c2c43)CC1. The Balaban J connectivity index is 1.03. The van der Waals surface area contributed by atoms with Gasteiger partial charge in [0.15, 0.2) is 0 Å². The Labute approximate surface area is 255 Å². The van der Waals surface area contributed by atoms with Crippen molar-refractivity contribution in [3.63, 3.8) is 0 Å². The van der Waals surface area contributed by atoms with Gasteiger partial charge in [0.25, 0.3) is 0 Å². The molecule has 44 heavy (non-hydrogen) atoms. The van der Waals surface area contributed by atoms with Crippen molar-refractivity contribution in [1.29, 1.82) is 0 Å². The lowest BCUT2D eigenvalue weighted by Crippen LogP contribution is -2.10. The molecule has 0 aliphatic heterocycles. The van der Waals surface area contributed by atoms with Crippen molar-refractivity contribution in [3.05, 3.63) is 150 Å². The second kappa shape index (κ2) is 9.02. The Morgan fingerprint density at radius 2 is 0.818 bits per heavy atom. The van der Waals surface area contributed by atoms with Crippen molar-refractivity contribution >= 4 is 59.9 Å². The fourth-order valence-corrected chi connectivity index (χ4v) is 7.93. The smallest absolute Gasteiger partial charge is 0.00206 e. The van der Waals surface area contributed by atoms with Crippen LogP contribution in [0, 0.1) is 0 Å². The van der Waals surface area contributed by atoms with Gasteiger partial charge in [0.1, 0.15) is 0 Å². The van der Waals surface area contributed by atoms with Crippen LogP contribution in [0.5, 0.6) is 0 Å². The summed E-state index contributed by atoms with van der Waals surface area (Å²) in [6.07, 6.45) is 4.67. The molecule has 9 aromatic rings. The average Bonchev–Trinajstić information content (AvgIpc) is 3.10. The maximum atomic E-state index is 2.40. The quantitative estimate of drug-likeness (QED) is 0.190. The average molecular weight is 557 g/mol. The van der Waals surface area contributed by atoms with E-state index in [0.717, 1.165) is 12.8 Å². The van der Waals surface area contributed by atoms with Gasteiger partial charge in [-0.25, -0.2) is 0 Å². The fraction of sp³-hybridized carbons (Fsp3) is 0.0455. The van der Waals surface area contributed by atoms with Crippen LogP contribution in [0.1, 0.15) is 12.0 Å². The molecule has 9 aromatic carbocycles. The highest BCUT2D eigenvalue weighted by molar-refractivity contribution is 6.25. The summed E-state index contributed by atoms with van der Waals surface area (Å²) >= 11 is 0. The first-order valence-corrected chi connectivity index (χ1v) is 15.7. The molecule has 0 aromatic heterocycles. The molecule has 0 N–H and O–H groups in total. The van der Waals surface area contributed by atoms with Crippen LogP contribution in [0.4, 0.5) is 0 Å². The summed E-state index contributed by atoms with van der Waals surface area (Å²) in [7, 11) is 0. The first-order valence-electron chi connectivity index (χ1n) is 15.7. The van der Waals surface area contributed by atoms with E-state index in [9.17, 15) is 0 Å². The van der Waals surface area contributed by atoms with Gasteiger partial charge in [0, 0.05) is 0 Å². The zero-order valence-electron chi connectivity index (χ0n) is 24.3. The Kier molecular flexibility index (Phi) is 4.93. The summed E-state index contributed by atoms with van der Waals surface area (Å²) in [6.45, 7) is 0. The molecule has 0 unspecified atom stereocenters. The van der Waals surface area contributed by atoms with Crippen molar-refractivity contribution in [2.45, 2.75) is 12.8 Å². The summed E-state index contributed by atoms with van der Waals surface area (Å²) in [5, 5.41) is 14.9. The molecule has 0 amide bonds. The predicted octanol–water partition coefficient (Wildman–Crippen LogP) is 11.3. The maximum Gasteiger partial charge on any atom is -0.00206 e. The van der Waals surface area contributed by atoms with E-state index >= 15 is 0 Å². The molecule has 0 atom stereocenters. The molecule has 0 spiro atoms. The van der Waals surface area contributed by atoms with Gasteiger partial charge in [-0.15, -0.1) is 0 Å². The summed E-state index contributed by atoms with van der Waals surface area (Å²) in [5.74, 6) is 0. The number of benzene rings is 9. The van der Waals surface area contributed by atoms with E-state index in [4.69, 9.17) is 0 Å². The summed E-state index contributed by atoms with van der Waals surface area (Å²) in [4.78, 5) is 0. The maximum absolute atomic E-state index is 2.40. The minimum Gasteiger partial charge on any atom is -0.0763 e. The molecule has 0 bridgehead atoms. The van der Waals surface area contributed by atoms with Gasteiger partial charge in [0.05, 0.1) is 0 Å². The zero-order chi connectivity index (χ0) is 28.8.